The van der Waals surface area contributed by atoms with Gasteiger partial charge < -0.3 is 5.73 Å². The van der Waals surface area contributed by atoms with Crippen LogP contribution in [0, 0.1) is 0 Å². The van der Waals surface area contributed by atoms with Crippen molar-refractivity contribution >= 4 is 40.6 Å². The first-order valence-electron chi connectivity index (χ1n) is 5.42. The van der Waals surface area contributed by atoms with E-state index in [1.807, 2.05) is 12.1 Å². The van der Waals surface area contributed by atoms with Gasteiger partial charge in [-0.05, 0) is 29.5 Å². The van der Waals surface area contributed by atoms with Crippen LogP contribution in [0.4, 0.5) is 4.79 Å². The zero-order chi connectivity index (χ0) is 13.1. The summed E-state index contributed by atoms with van der Waals surface area (Å²) in [6.45, 7) is 0.863. The highest BCUT2D eigenvalue weighted by molar-refractivity contribution is 8.18. The Bertz CT molecular complexity index is 531. The van der Waals surface area contributed by atoms with E-state index in [-0.39, 0.29) is 11.1 Å². The molecule has 94 valence electrons. The SMILES string of the molecule is [NH3+]CCN1C(=O)S/C(=C\c2ccccc2Cl)C1=O. The van der Waals surface area contributed by atoms with Gasteiger partial charge in [0.15, 0.2) is 0 Å². The van der Waals surface area contributed by atoms with Gasteiger partial charge in [0.1, 0.15) is 0 Å². The predicted molar refractivity (Wildman–Crippen MR) is 71.9 cm³/mol. The summed E-state index contributed by atoms with van der Waals surface area (Å²) in [6.07, 6.45) is 1.65. The molecule has 0 saturated carbocycles. The maximum Gasteiger partial charge on any atom is 0.293 e. The molecule has 0 bridgehead atoms. The summed E-state index contributed by atoms with van der Waals surface area (Å²) in [5.41, 5.74) is 4.38. The molecular formula is C12H12ClN2O2S+. The fourth-order valence-corrected chi connectivity index (χ4v) is 2.63. The van der Waals surface area contributed by atoms with Crippen LogP contribution in [-0.4, -0.2) is 29.1 Å². The van der Waals surface area contributed by atoms with E-state index in [1.165, 1.54) is 4.90 Å². The Morgan fingerprint density at radius 1 is 1.33 bits per heavy atom. The van der Waals surface area contributed by atoms with Crippen LogP contribution in [0.1, 0.15) is 5.56 Å². The number of hydrogen-bond donors (Lipinski definition) is 1. The van der Waals surface area contributed by atoms with Gasteiger partial charge in [-0.25, -0.2) is 0 Å². The maximum absolute atomic E-state index is 12.0. The van der Waals surface area contributed by atoms with E-state index in [9.17, 15) is 9.59 Å². The average Bonchev–Trinajstić information content (AvgIpc) is 2.60. The van der Waals surface area contributed by atoms with E-state index in [1.54, 1.807) is 18.2 Å². The number of halogens is 1. The van der Waals surface area contributed by atoms with Crippen LogP contribution in [0.2, 0.25) is 5.02 Å². The fourth-order valence-electron chi connectivity index (χ4n) is 1.58. The smallest absolute Gasteiger partial charge is 0.293 e. The van der Waals surface area contributed by atoms with Gasteiger partial charge in [0.05, 0.1) is 18.0 Å². The average molecular weight is 284 g/mol. The van der Waals surface area contributed by atoms with Gasteiger partial charge in [0, 0.05) is 5.02 Å². The summed E-state index contributed by atoms with van der Waals surface area (Å²) in [7, 11) is 0. The van der Waals surface area contributed by atoms with Crippen LogP contribution >= 0.6 is 23.4 Å². The van der Waals surface area contributed by atoms with Crippen molar-refractivity contribution in [3.63, 3.8) is 0 Å². The number of benzene rings is 1. The fraction of sp³-hybridized carbons (Fsp3) is 0.167. The Balaban J connectivity index is 2.28. The molecular weight excluding hydrogens is 272 g/mol. The van der Waals surface area contributed by atoms with Gasteiger partial charge in [0.2, 0.25) is 0 Å². The molecule has 0 atom stereocenters. The third-order valence-corrected chi connectivity index (χ3v) is 3.70. The number of rotatable bonds is 3. The number of nitrogens with zero attached hydrogens (tertiary/aromatic N) is 1. The van der Waals surface area contributed by atoms with Crippen molar-refractivity contribution in [1.82, 2.24) is 4.90 Å². The summed E-state index contributed by atoms with van der Waals surface area (Å²) in [6, 6.07) is 7.19. The minimum Gasteiger partial charge on any atom is -0.356 e. The zero-order valence-electron chi connectivity index (χ0n) is 9.56. The quantitative estimate of drug-likeness (QED) is 0.857. The van der Waals surface area contributed by atoms with Crippen molar-refractivity contribution < 1.29 is 15.3 Å². The number of hydrogen-bond acceptors (Lipinski definition) is 3. The highest BCUT2D eigenvalue weighted by Crippen LogP contribution is 2.32. The van der Waals surface area contributed by atoms with E-state index < -0.39 is 0 Å². The van der Waals surface area contributed by atoms with Crippen LogP contribution < -0.4 is 5.73 Å². The molecule has 3 N–H and O–H groups in total. The highest BCUT2D eigenvalue weighted by Gasteiger charge is 2.34. The molecule has 18 heavy (non-hydrogen) atoms. The molecule has 1 saturated heterocycles. The monoisotopic (exact) mass is 283 g/mol. The van der Waals surface area contributed by atoms with E-state index in [2.05, 4.69) is 5.73 Å². The lowest BCUT2D eigenvalue weighted by Crippen LogP contribution is -2.55. The maximum atomic E-state index is 12.0. The lowest BCUT2D eigenvalue weighted by Gasteiger charge is -2.08. The van der Waals surface area contributed by atoms with Crippen LogP contribution in [0.3, 0.4) is 0 Å². The Kier molecular flexibility index (Phi) is 4.06. The molecule has 6 heteroatoms. The third-order valence-electron chi connectivity index (χ3n) is 2.45. The second-order valence-corrected chi connectivity index (χ2v) is 5.11. The van der Waals surface area contributed by atoms with Crippen molar-refractivity contribution in [2.75, 3.05) is 13.1 Å². The molecule has 2 amide bonds. The van der Waals surface area contributed by atoms with E-state index in [4.69, 9.17) is 11.6 Å². The van der Waals surface area contributed by atoms with Crippen molar-refractivity contribution in [2.24, 2.45) is 0 Å². The van der Waals surface area contributed by atoms with Crippen molar-refractivity contribution in [3.8, 4) is 0 Å². The van der Waals surface area contributed by atoms with E-state index in [0.717, 1.165) is 17.3 Å². The van der Waals surface area contributed by atoms with Gasteiger partial charge in [-0.2, -0.15) is 0 Å². The molecule has 0 aromatic heterocycles. The van der Waals surface area contributed by atoms with Crippen molar-refractivity contribution in [3.05, 3.63) is 39.8 Å². The molecule has 1 aromatic rings. The van der Waals surface area contributed by atoms with Crippen LogP contribution in [-0.2, 0) is 4.79 Å². The molecule has 2 rings (SSSR count). The lowest BCUT2D eigenvalue weighted by atomic mass is 10.2. The number of carbonyl (C=O) groups excluding carboxylic acids is 2. The Morgan fingerprint density at radius 2 is 2.06 bits per heavy atom. The molecule has 1 aliphatic heterocycles. The van der Waals surface area contributed by atoms with Gasteiger partial charge in [-0.3, -0.25) is 14.5 Å². The summed E-state index contributed by atoms with van der Waals surface area (Å²) >= 11 is 6.95. The highest BCUT2D eigenvalue weighted by atomic mass is 35.5. The van der Waals surface area contributed by atoms with Crippen LogP contribution in [0.5, 0.6) is 0 Å². The topological polar surface area (TPSA) is 65.0 Å². The Morgan fingerprint density at radius 3 is 2.72 bits per heavy atom. The molecule has 0 aliphatic carbocycles. The summed E-state index contributed by atoms with van der Waals surface area (Å²) < 4.78 is 0. The summed E-state index contributed by atoms with van der Waals surface area (Å²) in [5, 5.41) is 0.309. The second kappa shape index (κ2) is 5.56. The number of imide groups is 1. The van der Waals surface area contributed by atoms with Crippen molar-refractivity contribution in [2.45, 2.75) is 0 Å². The minimum absolute atomic E-state index is 0.248. The summed E-state index contributed by atoms with van der Waals surface area (Å²) in [5.74, 6) is -0.270. The molecule has 0 unspecified atom stereocenters. The lowest BCUT2D eigenvalue weighted by molar-refractivity contribution is -0.367. The second-order valence-electron chi connectivity index (χ2n) is 3.71. The van der Waals surface area contributed by atoms with Gasteiger partial charge in [-0.1, -0.05) is 29.8 Å². The molecule has 4 nitrogen and oxygen atoms in total. The minimum atomic E-state index is -0.270. The first-order chi connectivity index (χ1) is 8.63. The molecule has 1 heterocycles. The largest absolute Gasteiger partial charge is 0.356 e. The van der Waals surface area contributed by atoms with Gasteiger partial charge in [-0.15, -0.1) is 0 Å². The van der Waals surface area contributed by atoms with E-state index in [0.29, 0.717) is 23.0 Å². The van der Waals surface area contributed by atoms with Gasteiger partial charge in [0.25, 0.3) is 11.1 Å². The van der Waals surface area contributed by atoms with Crippen molar-refractivity contribution in [1.29, 1.82) is 0 Å². The molecule has 1 fully saturated rings. The number of carbonyl (C=O) groups is 2. The third kappa shape index (κ3) is 2.58. The normalized spacial score (nSPS) is 17.9. The molecule has 1 aliphatic rings. The first kappa shape index (κ1) is 13.1. The number of amides is 2. The summed E-state index contributed by atoms with van der Waals surface area (Å²) in [4.78, 5) is 25.2. The Labute approximate surface area is 114 Å². The molecule has 1 aromatic carbocycles. The predicted octanol–water partition coefficient (Wildman–Crippen LogP) is 1.62. The van der Waals surface area contributed by atoms with E-state index >= 15 is 0 Å². The number of quaternary nitrogens is 1. The first-order valence-corrected chi connectivity index (χ1v) is 6.62. The van der Waals surface area contributed by atoms with Crippen LogP contribution in [0.15, 0.2) is 29.2 Å². The number of thioether (sulfide) groups is 1. The standard InChI is InChI=1S/C12H11ClN2O2S/c13-9-4-2-1-3-8(9)7-10-11(16)15(6-5-14)12(17)18-10/h1-4,7H,5-6,14H2/p+1/b10-7-. The molecule has 0 spiro atoms. The zero-order valence-corrected chi connectivity index (χ0v) is 11.1. The van der Waals surface area contributed by atoms with Crippen LogP contribution in [0.25, 0.3) is 6.08 Å². The van der Waals surface area contributed by atoms with Gasteiger partial charge >= 0.3 is 0 Å². The Hall–Kier alpha value is -1.30. The molecule has 0 radical (unpaired) electrons.